The molecule has 2 atom stereocenters. The summed E-state index contributed by atoms with van der Waals surface area (Å²) in [6.07, 6.45) is -6.61. The molecule has 4 nitrogen and oxygen atoms in total. The molecular formula is C28H31F6NO3. The maximum atomic E-state index is 14.1. The van der Waals surface area contributed by atoms with Gasteiger partial charge in [-0.15, -0.1) is 0 Å². The lowest BCUT2D eigenvalue weighted by Gasteiger charge is -2.34. The van der Waals surface area contributed by atoms with Crippen molar-refractivity contribution in [1.82, 2.24) is 5.32 Å². The van der Waals surface area contributed by atoms with Crippen LogP contribution in [0.2, 0.25) is 0 Å². The fourth-order valence-electron chi connectivity index (χ4n) is 6.85. The van der Waals surface area contributed by atoms with Crippen LogP contribution in [0.4, 0.5) is 26.3 Å². The van der Waals surface area contributed by atoms with Gasteiger partial charge in [0.2, 0.25) is 0 Å². The zero-order valence-electron chi connectivity index (χ0n) is 20.7. The first-order valence-corrected chi connectivity index (χ1v) is 13.2. The van der Waals surface area contributed by atoms with Gasteiger partial charge in [0.1, 0.15) is 11.3 Å². The Bertz CT molecular complexity index is 1160. The van der Waals surface area contributed by atoms with Crippen molar-refractivity contribution in [3.63, 3.8) is 0 Å². The zero-order valence-corrected chi connectivity index (χ0v) is 20.7. The van der Waals surface area contributed by atoms with Crippen molar-refractivity contribution in [3.05, 3.63) is 41.5 Å². The van der Waals surface area contributed by atoms with Gasteiger partial charge in [-0.05, 0) is 91.7 Å². The summed E-state index contributed by atoms with van der Waals surface area (Å²) in [5.41, 5.74) is -0.0815. The number of ether oxygens (including phenoxy) is 1. The topological polar surface area (TPSA) is 58.6 Å². The van der Waals surface area contributed by atoms with E-state index in [4.69, 9.17) is 4.74 Å². The number of hydrogen-bond donors (Lipinski definition) is 2. The molecular weight excluding hydrogens is 512 g/mol. The first kappa shape index (κ1) is 27.1. The highest BCUT2D eigenvalue weighted by molar-refractivity contribution is 5.89. The van der Waals surface area contributed by atoms with Crippen LogP contribution in [0.25, 0.3) is 10.8 Å². The molecule has 3 aliphatic rings. The van der Waals surface area contributed by atoms with Gasteiger partial charge in [-0.2, -0.15) is 26.3 Å². The second-order valence-electron chi connectivity index (χ2n) is 11.1. The number of benzene rings is 2. The summed E-state index contributed by atoms with van der Waals surface area (Å²) in [7, 11) is 0. The summed E-state index contributed by atoms with van der Waals surface area (Å²) < 4.78 is 86.9. The van der Waals surface area contributed by atoms with Gasteiger partial charge in [0, 0.05) is 12.6 Å². The van der Waals surface area contributed by atoms with Crippen LogP contribution in [0.15, 0.2) is 30.3 Å². The van der Waals surface area contributed by atoms with Gasteiger partial charge in [-0.1, -0.05) is 18.2 Å². The van der Waals surface area contributed by atoms with Gasteiger partial charge < -0.3 is 15.2 Å². The van der Waals surface area contributed by atoms with E-state index in [9.17, 15) is 36.2 Å². The molecule has 0 aromatic heterocycles. The lowest BCUT2D eigenvalue weighted by atomic mass is 9.77. The van der Waals surface area contributed by atoms with E-state index >= 15 is 0 Å². The Kier molecular flexibility index (Phi) is 7.30. The molecule has 3 saturated carbocycles. The van der Waals surface area contributed by atoms with Crippen LogP contribution in [-0.2, 0) is 17.5 Å². The summed E-state index contributed by atoms with van der Waals surface area (Å²) in [6.45, 7) is 0.466. The van der Waals surface area contributed by atoms with Gasteiger partial charge in [0.15, 0.2) is 0 Å². The molecule has 3 aliphatic carbocycles. The Morgan fingerprint density at radius 1 is 0.921 bits per heavy atom. The number of fused-ring (bicyclic) bond motifs is 3. The molecule has 38 heavy (non-hydrogen) atoms. The first-order chi connectivity index (χ1) is 17.9. The first-order valence-electron chi connectivity index (χ1n) is 13.2. The highest BCUT2D eigenvalue weighted by atomic mass is 19.4. The SMILES string of the molecule is O=C(O)C1CC2CCC(C1)C2NCc1ccc2c(C(F)(F)F)c(O[C@H]3CC[C@@H](C(F)(F)F)CC3)ccc2c1. The zero-order chi connectivity index (χ0) is 27.2. The highest BCUT2D eigenvalue weighted by Crippen LogP contribution is 2.46. The third-order valence-electron chi connectivity index (χ3n) is 8.75. The third kappa shape index (κ3) is 5.60. The quantitative estimate of drug-likeness (QED) is 0.375. The van der Waals surface area contributed by atoms with Crippen molar-refractivity contribution in [3.8, 4) is 5.75 Å². The molecule has 2 bridgehead atoms. The van der Waals surface area contributed by atoms with Crippen LogP contribution in [0.3, 0.4) is 0 Å². The third-order valence-corrected chi connectivity index (χ3v) is 8.75. The van der Waals surface area contributed by atoms with E-state index in [1.54, 1.807) is 18.2 Å². The molecule has 5 rings (SSSR count). The summed E-state index contributed by atoms with van der Waals surface area (Å²) in [5, 5.41) is 13.3. The predicted octanol–water partition coefficient (Wildman–Crippen LogP) is 7.34. The average Bonchev–Trinajstić information content (AvgIpc) is 3.07. The minimum atomic E-state index is -4.69. The van der Waals surface area contributed by atoms with Crippen molar-refractivity contribution >= 4 is 16.7 Å². The monoisotopic (exact) mass is 543 g/mol. The van der Waals surface area contributed by atoms with Crippen LogP contribution in [0.1, 0.15) is 62.5 Å². The molecule has 0 saturated heterocycles. The normalized spacial score (nSPS) is 29.9. The van der Waals surface area contributed by atoms with E-state index in [1.807, 2.05) is 0 Å². The van der Waals surface area contributed by atoms with E-state index in [0.717, 1.165) is 18.4 Å². The van der Waals surface area contributed by atoms with Crippen molar-refractivity contribution in [2.24, 2.45) is 23.7 Å². The van der Waals surface area contributed by atoms with Crippen LogP contribution < -0.4 is 10.1 Å². The average molecular weight is 544 g/mol. The molecule has 10 heteroatoms. The minimum Gasteiger partial charge on any atom is -0.490 e. The number of carbonyl (C=O) groups is 1. The Balaban J connectivity index is 1.30. The maximum absolute atomic E-state index is 14.1. The molecule has 0 amide bonds. The minimum absolute atomic E-state index is 0.00948. The smallest absolute Gasteiger partial charge is 0.420 e. The second-order valence-corrected chi connectivity index (χ2v) is 11.1. The van der Waals surface area contributed by atoms with Crippen LogP contribution in [0, 0.1) is 23.7 Å². The molecule has 3 fully saturated rings. The number of alkyl halides is 6. The number of hydrogen-bond acceptors (Lipinski definition) is 3. The molecule has 208 valence electrons. The Morgan fingerprint density at radius 3 is 2.16 bits per heavy atom. The summed E-state index contributed by atoms with van der Waals surface area (Å²) in [6, 6.07) is 7.82. The number of carboxylic acids is 1. The van der Waals surface area contributed by atoms with E-state index < -0.39 is 35.9 Å². The number of rotatable bonds is 6. The predicted molar refractivity (Wildman–Crippen MR) is 129 cm³/mol. The molecule has 2 aromatic rings. The van der Waals surface area contributed by atoms with E-state index in [0.29, 0.717) is 24.8 Å². The van der Waals surface area contributed by atoms with E-state index in [2.05, 4.69) is 5.32 Å². The van der Waals surface area contributed by atoms with E-state index in [1.165, 1.54) is 12.1 Å². The van der Waals surface area contributed by atoms with Gasteiger partial charge >= 0.3 is 18.3 Å². The van der Waals surface area contributed by atoms with Crippen molar-refractivity contribution in [2.45, 2.75) is 82.4 Å². The van der Waals surface area contributed by atoms with E-state index in [-0.39, 0.29) is 60.6 Å². The molecule has 2 N–H and O–H groups in total. The molecule has 0 radical (unpaired) electrons. The van der Waals surface area contributed by atoms with Crippen molar-refractivity contribution in [2.75, 3.05) is 0 Å². The standard InChI is InChI=1S/C28H31F6NO3/c29-27(30,31)20-5-7-21(8-6-20)38-23-10-4-16-11-15(1-9-22(16)24(23)28(32,33)34)14-35-25-17-2-3-18(25)13-19(12-17)26(36)37/h1,4,9-11,17-21,25,35H,2-3,5-8,12-14H2,(H,36,37)/t17?,18?,19?,20-,21+,25?. The summed E-state index contributed by atoms with van der Waals surface area (Å²) >= 11 is 0. The fourth-order valence-corrected chi connectivity index (χ4v) is 6.85. The highest BCUT2D eigenvalue weighted by Gasteiger charge is 2.45. The van der Waals surface area contributed by atoms with Crippen LogP contribution in [-0.4, -0.2) is 29.4 Å². The van der Waals surface area contributed by atoms with Crippen LogP contribution in [0.5, 0.6) is 5.75 Å². The number of carboxylic acid groups (broad SMARTS) is 1. The van der Waals surface area contributed by atoms with Gasteiger partial charge in [0.25, 0.3) is 0 Å². The lowest BCUT2D eigenvalue weighted by Crippen LogP contribution is -2.43. The summed E-state index contributed by atoms with van der Waals surface area (Å²) in [5.74, 6) is -2.25. The Morgan fingerprint density at radius 2 is 1.58 bits per heavy atom. The summed E-state index contributed by atoms with van der Waals surface area (Å²) in [4.78, 5) is 11.4. The fraction of sp³-hybridized carbons (Fsp3) is 0.607. The molecule has 2 unspecified atom stereocenters. The second kappa shape index (κ2) is 10.2. The molecule has 0 heterocycles. The molecule has 0 spiro atoms. The lowest BCUT2D eigenvalue weighted by molar-refractivity contribution is -0.185. The van der Waals surface area contributed by atoms with Crippen LogP contribution >= 0.6 is 0 Å². The maximum Gasteiger partial charge on any atom is 0.420 e. The molecule has 2 aromatic carbocycles. The van der Waals surface area contributed by atoms with Crippen molar-refractivity contribution < 1.29 is 41.0 Å². The van der Waals surface area contributed by atoms with Gasteiger partial charge in [-0.25, -0.2) is 0 Å². The molecule has 0 aliphatic heterocycles. The largest absolute Gasteiger partial charge is 0.490 e. The van der Waals surface area contributed by atoms with Crippen molar-refractivity contribution in [1.29, 1.82) is 0 Å². The number of nitrogens with one attached hydrogen (secondary N) is 1. The van der Waals surface area contributed by atoms with Gasteiger partial charge in [0.05, 0.1) is 17.9 Å². The Labute approximate surface area is 216 Å². The Hall–Kier alpha value is -2.49. The van der Waals surface area contributed by atoms with Gasteiger partial charge in [-0.3, -0.25) is 4.79 Å². The number of halogens is 6. The number of aliphatic carboxylic acids is 1.